The Balaban J connectivity index is 1.75. The fourth-order valence-corrected chi connectivity index (χ4v) is 2.69. The van der Waals surface area contributed by atoms with E-state index in [1.807, 2.05) is 19.1 Å². The summed E-state index contributed by atoms with van der Waals surface area (Å²) in [6, 6.07) is 3.81. The maximum Gasteiger partial charge on any atom is 0.274 e. The molecule has 0 saturated carbocycles. The second kappa shape index (κ2) is 6.15. The molecule has 22 heavy (non-hydrogen) atoms. The first-order valence-electron chi connectivity index (χ1n) is 7.27. The first-order valence-corrected chi connectivity index (χ1v) is 7.27. The van der Waals surface area contributed by atoms with Crippen LogP contribution in [0.3, 0.4) is 0 Å². The van der Waals surface area contributed by atoms with Crippen molar-refractivity contribution in [2.24, 2.45) is 0 Å². The number of aliphatic hydroxyl groups excluding tert-OH is 1. The van der Waals surface area contributed by atoms with E-state index in [-0.39, 0.29) is 5.91 Å². The zero-order valence-electron chi connectivity index (χ0n) is 12.4. The molecule has 1 fully saturated rings. The van der Waals surface area contributed by atoms with Gasteiger partial charge in [-0.15, -0.1) is 0 Å². The van der Waals surface area contributed by atoms with Crippen molar-refractivity contribution in [2.45, 2.75) is 13.0 Å². The molecular weight excluding hydrogens is 282 g/mol. The highest BCUT2D eigenvalue weighted by atomic mass is 16.3. The van der Waals surface area contributed by atoms with Crippen molar-refractivity contribution in [3.63, 3.8) is 0 Å². The summed E-state index contributed by atoms with van der Waals surface area (Å²) in [7, 11) is 0. The van der Waals surface area contributed by atoms with Gasteiger partial charge in [-0.2, -0.15) is 0 Å². The Labute approximate surface area is 128 Å². The van der Waals surface area contributed by atoms with Gasteiger partial charge in [0.2, 0.25) is 0 Å². The number of carbonyl (C=O) groups excluding carboxylic acids is 1. The van der Waals surface area contributed by atoms with Gasteiger partial charge in [0.1, 0.15) is 5.69 Å². The highest BCUT2D eigenvalue weighted by Crippen LogP contribution is 2.16. The number of carbonyl (C=O) groups is 1. The van der Waals surface area contributed by atoms with Crippen LogP contribution in [0.15, 0.2) is 30.9 Å². The molecule has 2 aromatic rings. The molecule has 2 aromatic heterocycles. The van der Waals surface area contributed by atoms with Crippen LogP contribution < -0.4 is 4.90 Å². The standard InChI is InChI=1S/C15H19N5O2/c1-11-14(18-10-17-11)15(22)20-7-6-19(8-13(21)9-20)12-2-4-16-5-3-12/h2-5,10,13,21H,6-9H2,1H3,(H,17,18)/t13-/m0/s1. The normalized spacial score (nSPS) is 19.1. The number of aromatic amines is 1. The molecule has 1 aliphatic rings. The van der Waals surface area contributed by atoms with Gasteiger partial charge in [0, 0.05) is 50.0 Å². The van der Waals surface area contributed by atoms with Gasteiger partial charge >= 0.3 is 0 Å². The number of β-amino-alcohol motifs (C(OH)–C–C–N with tert-alkyl or cyclic N) is 1. The summed E-state index contributed by atoms with van der Waals surface area (Å²) in [6.45, 7) is 3.83. The lowest BCUT2D eigenvalue weighted by Crippen LogP contribution is -2.38. The van der Waals surface area contributed by atoms with Gasteiger partial charge in [-0.3, -0.25) is 9.78 Å². The number of imidazole rings is 1. The molecular formula is C15H19N5O2. The maximum atomic E-state index is 12.5. The van der Waals surface area contributed by atoms with Gasteiger partial charge in [-0.25, -0.2) is 4.98 Å². The summed E-state index contributed by atoms with van der Waals surface area (Å²) in [4.78, 5) is 27.2. The lowest BCUT2D eigenvalue weighted by atomic mass is 10.2. The van der Waals surface area contributed by atoms with Crippen LogP contribution in [-0.2, 0) is 0 Å². The van der Waals surface area contributed by atoms with E-state index in [0.29, 0.717) is 31.9 Å². The van der Waals surface area contributed by atoms with Gasteiger partial charge in [0.05, 0.1) is 12.4 Å². The molecule has 1 saturated heterocycles. The SMILES string of the molecule is Cc1[nH]cnc1C(=O)N1CCN(c2ccncc2)C[C@H](O)C1. The molecule has 0 bridgehead atoms. The number of hydrogen-bond donors (Lipinski definition) is 2. The lowest BCUT2D eigenvalue weighted by molar-refractivity contribution is 0.0668. The third-order valence-electron chi connectivity index (χ3n) is 3.85. The Morgan fingerprint density at radius 1 is 1.32 bits per heavy atom. The van der Waals surface area contributed by atoms with Gasteiger partial charge in [-0.1, -0.05) is 0 Å². The van der Waals surface area contributed by atoms with Crippen LogP contribution in [0.2, 0.25) is 0 Å². The molecule has 116 valence electrons. The number of rotatable bonds is 2. The third-order valence-corrected chi connectivity index (χ3v) is 3.85. The van der Waals surface area contributed by atoms with Crippen LogP contribution in [0.25, 0.3) is 0 Å². The number of amides is 1. The maximum absolute atomic E-state index is 12.5. The summed E-state index contributed by atoms with van der Waals surface area (Å²) in [5, 5.41) is 10.2. The molecule has 0 spiro atoms. The number of pyridine rings is 1. The van der Waals surface area contributed by atoms with Crippen LogP contribution in [0, 0.1) is 6.92 Å². The largest absolute Gasteiger partial charge is 0.389 e. The van der Waals surface area contributed by atoms with Crippen molar-refractivity contribution in [1.82, 2.24) is 19.9 Å². The Bertz CT molecular complexity index is 642. The molecule has 3 heterocycles. The molecule has 3 rings (SSSR count). The van der Waals surface area contributed by atoms with E-state index in [4.69, 9.17) is 0 Å². The molecule has 7 nitrogen and oxygen atoms in total. The molecule has 0 aromatic carbocycles. The van der Waals surface area contributed by atoms with Gasteiger partial charge in [0.15, 0.2) is 0 Å². The topological polar surface area (TPSA) is 85.4 Å². The molecule has 1 aliphatic heterocycles. The average molecular weight is 301 g/mol. The summed E-state index contributed by atoms with van der Waals surface area (Å²) >= 11 is 0. The van der Waals surface area contributed by atoms with E-state index in [9.17, 15) is 9.90 Å². The third kappa shape index (κ3) is 2.94. The van der Waals surface area contributed by atoms with Gasteiger partial charge in [0.25, 0.3) is 5.91 Å². The summed E-state index contributed by atoms with van der Waals surface area (Å²) in [6.07, 6.45) is 4.37. The minimum atomic E-state index is -0.598. The predicted molar refractivity (Wildman–Crippen MR) is 81.7 cm³/mol. The molecule has 0 radical (unpaired) electrons. The fraction of sp³-hybridized carbons (Fsp3) is 0.400. The Morgan fingerprint density at radius 3 is 2.77 bits per heavy atom. The molecule has 0 unspecified atom stereocenters. The van der Waals surface area contributed by atoms with Crippen LogP contribution in [0.1, 0.15) is 16.2 Å². The van der Waals surface area contributed by atoms with E-state index >= 15 is 0 Å². The van der Waals surface area contributed by atoms with Gasteiger partial charge in [-0.05, 0) is 19.1 Å². The van der Waals surface area contributed by atoms with E-state index < -0.39 is 6.10 Å². The Morgan fingerprint density at radius 2 is 2.09 bits per heavy atom. The monoisotopic (exact) mass is 301 g/mol. The van der Waals surface area contributed by atoms with Crippen molar-refractivity contribution < 1.29 is 9.90 Å². The number of nitrogens with one attached hydrogen (secondary N) is 1. The number of hydrogen-bond acceptors (Lipinski definition) is 5. The van der Waals surface area contributed by atoms with Crippen LogP contribution in [-0.4, -0.2) is 63.1 Å². The Kier molecular flexibility index (Phi) is 4.06. The molecule has 1 atom stereocenters. The second-order valence-electron chi connectivity index (χ2n) is 5.43. The average Bonchev–Trinajstić information content (AvgIpc) is 2.85. The summed E-state index contributed by atoms with van der Waals surface area (Å²) in [5.74, 6) is -0.144. The van der Waals surface area contributed by atoms with Crippen LogP contribution in [0.4, 0.5) is 5.69 Å². The quantitative estimate of drug-likeness (QED) is 0.840. The van der Waals surface area contributed by atoms with E-state index in [2.05, 4.69) is 19.9 Å². The number of aliphatic hydroxyl groups is 1. The first kappa shape index (κ1) is 14.5. The van der Waals surface area contributed by atoms with Crippen molar-refractivity contribution in [3.8, 4) is 0 Å². The summed E-state index contributed by atoms with van der Waals surface area (Å²) in [5.41, 5.74) is 2.17. The predicted octanol–water partition coefficient (Wildman–Crippen LogP) is 0.436. The molecule has 0 aliphatic carbocycles. The Hall–Kier alpha value is -2.41. The lowest BCUT2D eigenvalue weighted by Gasteiger charge is -2.23. The number of aryl methyl sites for hydroxylation is 1. The number of nitrogens with zero attached hydrogens (tertiary/aromatic N) is 4. The van der Waals surface area contributed by atoms with Crippen molar-refractivity contribution >= 4 is 11.6 Å². The summed E-state index contributed by atoms with van der Waals surface area (Å²) < 4.78 is 0. The van der Waals surface area contributed by atoms with Crippen molar-refractivity contribution in [3.05, 3.63) is 42.2 Å². The van der Waals surface area contributed by atoms with Gasteiger partial charge < -0.3 is 19.9 Å². The first-order chi connectivity index (χ1) is 10.6. The van der Waals surface area contributed by atoms with Crippen LogP contribution in [0.5, 0.6) is 0 Å². The van der Waals surface area contributed by atoms with Crippen molar-refractivity contribution in [1.29, 1.82) is 0 Å². The highest BCUT2D eigenvalue weighted by Gasteiger charge is 2.27. The van der Waals surface area contributed by atoms with Crippen LogP contribution >= 0.6 is 0 Å². The van der Waals surface area contributed by atoms with Crippen molar-refractivity contribution in [2.75, 3.05) is 31.1 Å². The fourth-order valence-electron chi connectivity index (χ4n) is 2.69. The van der Waals surface area contributed by atoms with E-state index in [0.717, 1.165) is 11.4 Å². The minimum absolute atomic E-state index is 0.144. The van der Waals surface area contributed by atoms with E-state index in [1.54, 1.807) is 17.3 Å². The number of anilines is 1. The zero-order valence-corrected chi connectivity index (χ0v) is 12.4. The molecule has 7 heteroatoms. The number of H-pyrrole nitrogens is 1. The molecule has 2 N–H and O–H groups in total. The number of aromatic nitrogens is 3. The minimum Gasteiger partial charge on any atom is -0.389 e. The second-order valence-corrected chi connectivity index (χ2v) is 5.43. The highest BCUT2D eigenvalue weighted by molar-refractivity contribution is 5.93. The zero-order chi connectivity index (χ0) is 15.5. The van der Waals surface area contributed by atoms with E-state index in [1.165, 1.54) is 6.33 Å². The smallest absolute Gasteiger partial charge is 0.274 e. The molecule has 1 amide bonds.